The second-order valence-corrected chi connectivity index (χ2v) is 4.41. The molecule has 0 amide bonds. The van der Waals surface area contributed by atoms with Crippen molar-refractivity contribution in [1.82, 2.24) is 0 Å². The maximum absolute atomic E-state index is 5.94. The van der Waals surface area contributed by atoms with Gasteiger partial charge in [0.2, 0.25) is 0 Å². The van der Waals surface area contributed by atoms with E-state index >= 15 is 0 Å². The summed E-state index contributed by atoms with van der Waals surface area (Å²) in [6.07, 6.45) is 2.19. The lowest BCUT2D eigenvalue weighted by Crippen LogP contribution is -2.23. The smallest absolute Gasteiger partial charge is 0.0633 e. The van der Waals surface area contributed by atoms with Crippen LogP contribution in [0.5, 0.6) is 0 Å². The van der Waals surface area contributed by atoms with Gasteiger partial charge in [-0.1, -0.05) is 34.1 Å². The molecule has 5 atom stereocenters. The van der Waals surface area contributed by atoms with Crippen LogP contribution in [0.1, 0.15) is 41.0 Å². The lowest BCUT2D eigenvalue weighted by Gasteiger charge is -2.22. The van der Waals surface area contributed by atoms with Crippen molar-refractivity contribution in [2.75, 3.05) is 0 Å². The summed E-state index contributed by atoms with van der Waals surface area (Å²) in [5.74, 6) is 2.17. The van der Waals surface area contributed by atoms with E-state index < -0.39 is 0 Å². The normalized spacial score (nSPS) is 44.8. The zero-order chi connectivity index (χ0) is 9.30. The average molecular weight is 170 g/mol. The molecule has 0 aromatic heterocycles. The monoisotopic (exact) mass is 170 g/mol. The Morgan fingerprint density at radius 3 is 2.08 bits per heavy atom. The molecule has 5 unspecified atom stereocenters. The molecular weight excluding hydrogens is 148 g/mol. The van der Waals surface area contributed by atoms with Gasteiger partial charge in [-0.25, -0.2) is 0 Å². The molecule has 0 N–H and O–H groups in total. The summed E-state index contributed by atoms with van der Waals surface area (Å²) in [6.45, 7) is 11.4. The molecule has 12 heavy (non-hydrogen) atoms. The van der Waals surface area contributed by atoms with Crippen molar-refractivity contribution in [3.63, 3.8) is 0 Å². The standard InChI is InChI=1S/C11H22O/c1-6-7(2)11-9(4)8(3)10(5)12-11/h7-11H,6H2,1-5H3. The molecule has 0 aromatic carbocycles. The lowest BCUT2D eigenvalue weighted by atomic mass is 9.85. The molecule has 0 aliphatic carbocycles. The first kappa shape index (κ1) is 10.0. The minimum Gasteiger partial charge on any atom is -0.374 e. The molecule has 0 aromatic rings. The van der Waals surface area contributed by atoms with Crippen LogP contribution in [-0.4, -0.2) is 12.2 Å². The summed E-state index contributed by atoms with van der Waals surface area (Å²) in [7, 11) is 0. The topological polar surface area (TPSA) is 9.23 Å². The van der Waals surface area contributed by atoms with Crippen LogP contribution in [0.3, 0.4) is 0 Å². The first-order valence-corrected chi connectivity index (χ1v) is 5.23. The first-order valence-electron chi connectivity index (χ1n) is 5.23. The van der Waals surface area contributed by atoms with E-state index in [1.54, 1.807) is 0 Å². The third-order valence-corrected chi connectivity index (χ3v) is 3.66. The van der Waals surface area contributed by atoms with E-state index in [9.17, 15) is 0 Å². The molecule has 1 fully saturated rings. The van der Waals surface area contributed by atoms with E-state index in [0.29, 0.717) is 18.1 Å². The first-order chi connectivity index (χ1) is 5.57. The Labute approximate surface area is 76.5 Å². The highest BCUT2D eigenvalue weighted by Crippen LogP contribution is 2.36. The van der Waals surface area contributed by atoms with Gasteiger partial charge in [0, 0.05) is 0 Å². The minimum absolute atomic E-state index is 0.457. The lowest BCUT2D eigenvalue weighted by molar-refractivity contribution is 0.00871. The van der Waals surface area contributed by atoms with Crippen LogP contribution in [0.2, 0.25) is 0 Å². The third kappa shape index (κ3) is 1.66. The summed E-state index contributed by atoms with van der Waals surface area (Å²) in [5.41, 5.74) is 0. The van der Waals surface area contributed by atoms with Crippen molar-refractivity contribution < 1.29 is 4.74 Å². The van der Waals surface area contributed by atoms with Crippen LogP contribution in [0.4, 0.5) is 0 Å². The van der Waals surface area contributed by atoms with Crippen LogP contribution in [-0.2, 0) is 4.74 Å². The van der Waals surface area contributed by atoms with Crippen molar-refractivity contribution in [3.05, 3.63) is 0 Å². The Kier molecular flexibility index (Phi) is 3.16. The minimum atomic E-state index is 0.457. The zero-order valence-corrected chi connectivity index (χ0v) is 9.00. The fourth-order valence-electron chi connectivity index (χ4n) is 2.11. The maximum atomic E-state index is 5.94. The Bertz CT molecular complexity index is 144. The van der Waals surface area contributed by atoms with Gasteiger partial charge in [0.25, 0.3) is 0 Å². The summed E-state index contributed by atoms with van der Waals surface area (Å²) in [6, 6.07) is 0. The molecular formula is C11H22O. The summed E-state index contributed by atoms with van der Waals surface area (Å²) >= 11 is 0. The van der Waals surface area contributed by atoms with Crippen molar-refractivity contribution >= 4 is 0 Å². The van der Waals surface area contributed by atoms with Crippen molar-refractivity contribution in [2.24, 2.45) is 17.8 Å². The fraction of sp³-hybridized carbons (Fsp3) is 1.00. The molecule has 0 radical (unpaired) electrons. The summed E-state index contributed by atoms with van der Waals surface area (Å²) < 4.78 is 5.94. The van der Waals surface area contributed by atoms with Crippen LogP contribution in [0.25, 0.3) is 0 Å². The van der Waals surface area contributed by atoms with E-state index in [1.165, 1.54) is 6.42 Å². The van der Waals surface area contributed by atoms with E-state index in [-0.39, 0.29) is 0 Å². The molecule has 1 heteroatoms. The van der Waals surface area contributed by atoms with Crippen molar-refractivity contribution in [2.45, 2.75) is 53.2 Å². The Hall–Kier alpha value is -0.0400. The van der Waals surface area contributed by atoms with E-state index in [4.69, 9.17) is 4.74 Å². The number of ether oxygens (including phenoxy) is 1. The highest BCUT2D eigenvalue weighted by molar-refractivity contribution is 4.85. The summed E-state index contributed by atoms with van der Waals surface area (Å²) in [5, 5.41) is 0. The quantitative estimate of drug-likeness (QED) is 0.619. The van der Waals surface area contributed by atoms with Crippen LogP contribution in [0.15, 0.2) is 0 Å². The molecule has 1 saturated heterocycles. The third-order valence-electron chi connectivity index (χ3n) is 3.66. The highest BCUT2D eigenvalue weighted by atomic mass is 16.5. The SMILES string of the molecule is CCC(C)C1OC(C)C(C)C1C. The molecule has 1 nitrogen and oxygen atoms in total. The Balaban J connectivity index is 2.58. The van der Waals surface area contributed by atoms with Gasteiger partial charge in [-0.2, -0.15) is 0 Å². The van der Waals surface area contributed by atoms with Gasteiger partial charge in [0.05, 0.1) is 12.2 Å². The van der Waals surface area contributed by atoms with E-state index in [2.05, 4.69) is 34.6 Å². The predicted octanol–water partition coefficient (Wildman–Crippen LogP) is 3.09. The molecule has 0 bridgehead atoms. The second-order valence-electron chi connectivity index (χ2n) is 4.41. The van der Waals surface area contributed by atoms with Gasteiger partial charge < -0.3 is 4.74 Å². The Morgan fingerprint density at radius 2 is 1.75 bits per heavy atom. The molecule has 72 valence electrons. The Morgan fingerprint density at radius 1 is 1.17 bits per heavy atom. The van der Waals surface area contributed by atoms with Crippen molar-refractivity contribution in [3.8, 4) is 0 Å². The van der Waals surface area contributed by atoms with Crippen LogP contribution >= 0.6 is 0 Å². The van der Waals surface area contributed by atoms with Gasteiger partial charge in [0.15, 0.2) is 0 Å². The maximum Gasteiger partial charge on any atom is 0.0633 e. The van der Waals surface area contributed by atoms with E-state index in [1.807, 2.05) is 0 Å². The predicted molar refractivity (Wildman–Crippen MR) is 52.1 cm³/mol. The number of hydrogen-bond donors (Lipinski definition) is 0. The van der Waals surface area contributed by atoms with Gasteiger partial charge in [0.1, 0.15) is 0 Å². The molecule has 0 saturated carbocycles. The molecule has 1 aliphatic rings. The summed E-state index contributed by atoms with van der Waals surface area (Å²) in [4.78, 5) is 0. The van der Waals surface area contributed by atoms with Crippen LogP contribution < -0.4 is 0 Å². The van der Waals surface area contributed by atoms with Crippen LogP contribution in [0, 0.1) is 17.8 Å². The molecule has 1 heterocycles. The largest absolute Gasteiger partial charge is 0.374 e. The number of hydrogen-bond acceptors (Lipinski definition) is 1. The second kappa shape index (κ2) is 3.78. The average Bonchev–Trinajstić information content (AvgIpc) is 2.32. The van der Waals surface area contributed by atoms with Gasteiger partial charge >= 0.3 is 0 Å². The fourth-order valence-corrected chi connectivity index (χ4v) is 2.11. The molecule has 0 spiro atoms. The number of rotatable bonds is 2. The molecule has 1 rings (SSSR count). The highest BCUT2D eigenvalue weighted by Gasteiger charge is 2.38. The zero-order valence-electron chi connectivity index (χ0n) is 9.00. The van der Waals surface area contributed by atoms with Gasteiger partial charge in [-0.3, -0.25) is 0 Å². The van der Waals surface area contributed by atoms with Gasteiger partial charge in [-0.15, -0.1) is 0 Å². The van der Waals surface area contributed by atoms with Crippen molar-refractivity contribution in [1.29, 1.82) is 0 Å². The van der Waals surface area contributed by atoms with E-state index in [0.717, 1.165) is 11.8 Å². The van der Waals surface area contributed by atoms with Gasteiger partial charge in [-0.05, 0) is 24.7 Å². The molecule has 1 aliphatic heterocycles.